The van der Waals surface area contributed by atoms with E-state index in [0.717, 1.165) is 38.5 Å². The second-order valence-electron chi connectivity index (χ2n) is 30.6. The molecule has 11 heteroatoms. The van der Waals surface area contributed by atoms with E-state index in [1.807, 2.05) is 0 Å². The zero-order chi connectivity index (χ0) is 70.2. The summed E-state index contributed by atoms with van der Waals surface area (Å²) in [5.74, 6) is -0.701. The molecule has 1 aliphatic heterocycles. The van der Waals surface area contributed by atoms with Crippen molar-refractivity contribution >= 4 is 5.91 Å². The predicted molar refractivity (Wildman–Crippen MR) is 413 cm³/mol. The number of aliphatic hydroxyl groups excluding tert-OH is 7. The van der Waals surface area contributed by atoms with E-state index in [0.29, 0.717) is 19.3 Å². The third kappa shape index (κ3) is 60.7. The molecular formula is C86H167NO10. The highest BCUT2D eigenvalue weighted by Crippen LogP contribution is 2.25. The number of nitrogens with one attached hydrogen (secondary N) is 1. The Morgan fingerprint density at radius 1 is 0.351 bits per heavy atom. The number of amides is 1. The van der Waals surface area contributed by atoms with Crippen LogP contribution in [0, 0.1) is 0 Å². The number of aliphatic hydroxyl groups is 7. The minimum atomic E-state index is -1.67. The summed E-state index contributed by atoms with van der Waals surface area (Å²) in [5.41, 5.74) is 0. The van der Waals surface area contributed by atoms with Gasteiger partial charge in [-0.3, -0.25) is 4.79 Å². The molecule has 11 nitrogen and oxygen atoms in total. The number of rotatable bonds is 78. The third-order valence-corrected chi connectivity index (χ3v) is 21.2. The molecule has 0 spiro atoms. The molecule has 576 valence electrons. The number of hydrogen-bond donors (Lipinski definition) is 8. The Hall–Kier alpha value is -1.41. The van der Waals surface area contributed by atoms with E-state index < -0.39 is 74.2 Å². The molecule has 1 aliphatic rings. The van der Waals surface area contributed by atoms with E-state index in [4.69, 9.17) is 9.47 Å². The first-order valence-electron chi connectivity index (χ1n) is 43.2. The molecule has 0 aromatic heterocycles. The summed E-state index contributed by atoms with van der Waals surface area (Å²) in [7, 11) is 0. The minimum Gasteiger partial charge on any atom is -0.394 e. The molecule has 0 aromatic carbocycles. The van der Waals surface area contributed by atoms with Gasteiger partial charge in [0, 0.05) is 0 Å². The van der Waals surface area contributed by atoms with E-state index in [1.165, 1.54) is 366 Å². The van der Waals surface area contributed by atoms with Crippen molar-refractivity contribution in [2.24, 2.45) is 0 Å². The molecule has 1 heterocycles. The summed E-state index contributed by atoms with van der Waals surface area (Å²) in [6.45, 7) is 3.52. The van der Waals surface area contributed by atoms with Crippen LogP contribution in [-0.4, -0.2) is 110 Å². The van der Waals surface area contributed by atoms with Crippen molar-refractivity contribution in [3.63, 3.8) is 0 Å². The van der Waals surface area contributed by atoms with Gasteiger partial charge in [-0.15, -0.1) is 0 Å². The standard InChI is InChI=1S/C86H167NO10/c1-3-5-7-9-11-13-15-17-19-21-23-25-27-29-31-33-35-37-38-39-40-41-42-44-46-48-50-52-54-56-58-60-62-64-66-68-70-72-74-79(90)85(95)87-77(76-96-86-84(94)83(93)82(92)80(75-88)97-86)81(91)78(89)73-71-69-67-65-63-61-59-57-55-53-51-49-47-45-43-36-34-32-30-28-26-24-22-20-18-16-14-12-10-8-6-4-2/h57,59,65,67,77-84,86,88-94H,3-56,58,60-64,66,68-76H2,1-2H3,(H,87,95)/b59-57+,67-65+. The smallest absolute Gasteiger partial charge is 0.249 e. The molecule has 0 aliphatic carbocycles. The van der Waals surface area contributed by atoms with Crippen LogP contribution in [0.3, 0.4) is 0 Å². The first-order valence-corrected chi connectivity index (χ1v) is 43.2. The summed E-state index contributed by atoms with van der Waals surface area (Å²) >= 11 is 0. The number of carbonyl (C=O) groups excluding carboxylic acids is 1. The Bertz CT molecular complexity index is 1630. The summed E-state index contributed by atoms with van der Waals surface area (Å²) in [4.78, 5) is 13.3. The number of hydrogen-bond acceptors (Lipinski definition) is 10. The van der Waals surface area contributed by atoms with Gasteiger partial charge in [-0.05, 0) is 51.4 Å². The molecule has 8 N–H and O–H groups in total. The third-order valence-electron chi connectivity index (χ3n) is 21.2. The second kappa shape index (κ2) is 74.3. The SMILES string of the molecule is CCCCCCCCCCCCCCCCCCCCCCCCC/C=C/CC/C=C/CCCC(O)C(O)C(COC1OC(CO)C(O)C(O)C1O)NC(=O)C(O)CCCCCCCCCCCCCCCCCCCCCCCCCCCCCCCCCCCCCCCC. The van der Waals surface area contributed by atoms with Gasteiger partial charge in [0.05, 0.1) is 25.4 Å². The van der Waals surface area contributed by atoms with Crippen molar-refractivity contribution in [3.8, 4) is 0 Å². The largest absolute Gasteiger partial charge is 0.394 e. The van der Waals surface area contributed by atoms with Gasteiger partial charge < -0.3 is 50.5 Å². The van der Waals surface area contributed by atoms with E-state index in [2.05, 4.69) is 43.5 Å². The number of unbranched alkanes of at least 4 members (excludes halogenated alkanes) is 62. The van der Waals surface area contributed by atoms with Gasteiger partial charge in [-0.1, -0.05) is 423 Å². The maximum Gasteiger partial charge on any atom is 0.249 e. The summed E-state index contributed by atoms with van der Waals surface area (Å²) in [5, 5.41) is 76.8. The summed E-state index contributed by atoms with van der Waals surface area (Å²) < 4.78 is 11.2. The van der Waals surface area contributed by atoms with Crippen molar-refractivity contribution in [2.45, 2.75) is 506 Å². The van der Waals surface area contributed by atoms with Crippen molar-refractivity contribution in [1.82, 2.24) is 5.32 Å². The van der Waals surface area contributed by atoms with Gasteiger partial charge >= 0.3 is 0 Å². The fraction of sp³-hybridized carbons (Fsp3) is 0.942. The Morgan fingerprint density at radius 3 is 0.918 bits per heavy atom. The molecule has 1 fully saturated rings. The molecule has 0 bridgehead atoms. The lowest BCUT2D eigenvalue weighted by Crippen LogP contribution is -2.60. The predicted octanol–water partition coefficient (Wildman–Crippen LogP) is 23.0. The highest BCUT2D eigenvalue weighted by atomic mass is 16.7. The van der Waals surface area contributed by atoms with Crippen LogP contribution in [0.1, 0.15) is 450 Å². The van der Waals surface area contributed by atoms with Crippen LogP contribution >= 0.6 is 0 Å². The molecule has 0 saturated carbocycles. The molecule has 9 unspecified atom stereocenters. The average Bonchev–Trinajstić information content (AvgIpc) is 0.827. The van der Waals surface area contributed by atoms with Crippen LogP contribution < -0.4 is 5.32 Å². The molecule has 0 radical (unpaired) electrons. The first-order chi connectivity index (χ1) is 47.7. The quantitative estimate of drug-likeness (QED) is 0.0215. The van der Waals surface area contributed by atoms with E-state index in [-0.39, 0.29) is 12.8 Å². The van der Waals surface area contributed by atoms with Crippen molar-refractivity contribution < 1.29 is 50.0 Å². The molecule has 97 heavy (non-hydrogen) atoms. The maximum atomic E-state index is 13.3. The van der Waals surface area contributed by atoms with Gasteiger partial charge in [0.1, 0.15) is 36.6 Å². The fourth-order valence-corrected chi connectivity index (χ4v) is 14.4. The van der Waals surface area contributed by atoms with Crippen LogP contribution in [0.2, 0.25) is 0 Å². The van der Waals surface area contributed by atoms with Crippen LogP contribution in [0.25, 0.3) is 0 Å². The normalized spacial score (nSPS) is 18.1. The lowest BCUT2D eigenvalue weighted by Gasteiger charge is -2.40. The zero-order valence-electron chi connectivity index (χ0n) is 64.4. The Kier molecular flexibility index (Phi) is 71.7. The van der Waals surface area contributed by atoms with Gasteiger partial charge in [0.2, 0.25) is 5.91 Å². The van der Waals surface area contributed by atoms with E-state index in [1.54, 1.807) is 0 Å². The molecule has 9 atom stereocenters. The van der Waals surface area contributed by atoms with Crippen LogP contribution in [-0.2, 0) is 14.3 Å². The lowest BCUT2D eigenvalue weighted by atomic mass is 9.98. The molecule has 1 rings (SSSR count). The van der Waals surface area contributed by atoms with Crippen molar-refractivity contribution in [2.75, 3.05) is 13.2 Å². The van der Waals surface area contributed by atoms with Crippen molar-refractivity contribution in [1.29, 1.82) is 0 Å². The molecule has 1 amide bonds. The van der Waals surface area contributed by atoms with Crippen molar-refractivity contribution in [3.05, 3.63) is 24.3 Å². The number of ether oxygens (including phenoxy) is 2. The minimum absolute atomic E-state index is 0.250. The highest BCUT2D eigenvalue weighted by molar-refractivity contribution is 5.80. The van der Waals surface area contributed by atoms with Crippen LogP contribution in [0.15, 0.2) is 24.3 Å². The Balaban J connectivity index is 2.10. The van der Waals surface area contributed by atoms with Gasteiger partial charge in [-0.25, -0.2) is 0 Å². The topological polar surface area (TPSA) is 189 Å². The highest BCUT2D eigenvalue weighted by Gasteiger charge is 2.44. The molecule has 1 saturated heterocycles. The van der Waals surface area contributed by atoms with E-state index >= 15 is 0 Å². The fourth-order valence-electron chi connectivity index (χ4n) is 14.4. The van der Waals surface area contributed by atoms with Gasteiger partial charge in [-0.2, -0.15) is 0 Å². The number of allylic oxidation sites excluding steroid dienone is 4. The molecular weight excluding hydrogens is 1210 g/mol. The lowest BCUT2D eigenvalue weighted by molar-refractivity contribution is -0.303. The van der Waals surface area contributed by atoms with Crippen LogP contribution in [0.4, 0.5) is 0 Å². The summed E-state index contributed by atoms with van der Waals surface area (Å²) in [6, 6.07) is -1.19. The average molecular weight is 1380 g/mol. The summed E-state index contributed by atoms with van der Waals surface area (Å²) in [6.07, 6.45) is 86.2. The first kappa shape index (κ1) is 93.6. The monoisotopic (exact) mass is 1370 g/mol. The number of carbonyl (C=O) groups is 1. The second-order valence-corrected chi connectivity index (χ2v) is 30.6. The maximum absolute atomic E-state index is 13.3. The van der Waals surface area contributed by atoms with Crippen LogP contribution in [0.5, 0.6) is 0 Å². The Morgan fingerprint density at radius 2 is 0.619 bits per heavy atom. The van der Waals surface area contributed by atoms with Gasteiger partial charge in [0.25, 0.3) is 0 Å². The van der Waals surface area contributed by atoms with Gasteiger partial charge in [0.15, 0.2) is 6.29 Å². The Labute approximate surface area is 601 Å². The van der Waals surface area contributed by atoms with E-state index in [9.17, 15) is 40.5 Å². The zero-order valence-corrected chi connectivity index (χ0v) is 64.4. The molecule has 0 aromatic rings.